The SMILES string of the molecule is Nc1ccc(Nc2c(Cl)cccc2Cl)nc1N. The van der Waals surface area contributed by atoms with Gasteiger partial charge in [-0.05, 0) is 24.3 Å². The van der Waals surface area contributed by atoms with Gasteiger partial charge in [-0.1, -0.05) is 29.3 Å². The third kappa shape index (κ3) is 2.54. The molecule has 0 spiro atoms. The zero-order valence-corrected chi connectivity index (χ0v) is 10.3. The van der Waals surface area contributed by atoms with E-state index < -0.39 is 0 Å². The summed E-state index contributed by atoms with van der Waals surface area (Å²) in [6.07, 6.45) is 0. The van der Waals surface area contributed by atoms with Gasteiger partial charge in [-0.2, -0.15) is 0 Å². The van der Waals surface area contributed by atoms with Crippen molar-refractivity contribution >= 4 is 46.2 Å². The monoisotopic (exact) mass is 268 g/mol. The summed E-state index contributed by atoms with van der Waals surface area (Å²) in [6.45, 7) is 0. The maximum atomic E-state index is 6.02. The lowest BCUT2D eigenvalue weighted by Crippen LogP contribution is -2.01. The Balaban J connectivity index is 2.35. The molecule has 6 heteroatoms. The summed E-state index contributed by atoms with van der Waals surface area (Å²) < 4.78 is 0. The van der Waals surface area contributed by atoms with Crippen molar-refractivity contribution in [2.75, 3.05) is 16.8 Å². The molecule has 0 radical (unpaired) electrons. The Bertz CT molecular complexity index is 537. The summed E-state index contributed by atoms with van der Waals surface area (Å²) in [7, 11) is 0. The first-order valence-corrected chi connectivity index (χ1v) is 5.56. The highest BCUT2D eigenvalue weighted by atomic mass is 35.5. The quantitative estimate of drug-likeness (QED) is 0.781. The first kappa shape index (κ1) is 11.8. The second kappa shape index (κ2) is 4.69. The highest BCUT2D eigenvalue weighted by Gasteiger charge is 2.07. The number of pyridine rings is 1. The van der Waals surface area contributed by atoms with Crippen LogP contribution < -0.4 is 16.8 Å². The van der Waals surface area contributed by atoms with Crippen LogP contribution in [0.15, 0.2) is 30.3 Å². The summed E-state index contributed by atoms with van der Waals surface area (Å²) in [5.74, 6) is 0.796. The van der Waals surface area contributed by atoms with Crippen LogP contribution in [-0.2, 0) is 0 Å². The number of nitrogen functional groups attached to an aromatic ring is 2. The molecule has 0 fully saturated rings. The summed E-state index contributed by atoms with van der Waals surface area (Å²) in [5, 5.41) is 4.02. The molecular formula is C11H10Cl2N4. The number of hydrogen-bond acceptors (Lipinski definition) is 4. The van der Waals surface area contributed by atoms with Crippen molar-refractivity contribution in [1.29, 1.82) is 0 Å². The highest BCUT2D eigenvalue weighted by Crippen LogP contribution is 2.32. The number of anilines is 4. The third-order valence-electron chi connectivity index (χ3n) is 2.17. The van der Waals surface area contributed by atoms with Crippen molar-refractivity contribution in [1.82, 2.24) is 4.98 Å². The van der Waals surface area contributed by atoms with Gasteiger partial charge in [-0.3, -0.25) is 0 Å². The van der Waals surface area contributed by atoms with E-state index in [0.29, 0.717) is 27.2 Å². The number of hydrogen-bond donors (Lipinski definition) is 3. The Hall–Kier alpha value is -1.65. The average molecular weight is 269 g/mol. The number of rotatable bonds is 2. The van der Waals surface area contributed by atoms with Crippen LogP contribution in [0.4, 0.5) is 23.0 Å². The van der Waals surface area contributed by atoms with Gasteiger partial charge in [0, 0.05) is 0 Å². The lowest BCUT2D eigenvalue weighted by atomic mass is 10.3. The molecule has 0 saturated carbocycles. The van der Waals surface area contributed by atoms with Crippen LogP contribution in [0.5, 0.6) is 0 Å². The van der Waals surface area contributed by atoms with Crippen molar-refractivity contribution in [3.05, 3.63) is 40.4 Å². The zero-order valence-electron chi connectivity index (χ0n) is 8.74. The van der Waals surface area contributed by atoms with Gasteiger partial charge in [0.05, 0.1) is 21.4 Å². The fraction of sp³-hybridized carbons (Fsp3) is 0. The van der Waals surface area contributed by atoms with E-state index in [9.17, 15) is 0 Å². The largest absolute Gasteiger partial charge is 0.396 e. The second-order valence-corrected chi connectivity index (χ2v) is 4.21. The van der Waals surface area contributed by atoms with E-state index in [4.69, 9.17) is 34.7 Å². The molecule has 0 aliphatic carbocycles. The van der Waals surface area contributed by atoms with Crippen LogP contribution in [0.25, 0.3) is 0 Å². The van der Waals surface area contributed by atoms with Gasteiger partial charge in [0.1, 0.15) is 11.6 Å². The molecular weight excluding hydrogens is 259 g/mol. The van der Waals surface area contributed by atoms with Gasteiger partial charge >= 0.3 is 0 Å². The Labute approximate surface area is 109 Å². The molecule has 88 valence electrons. The van der Waals surface area contributed by atoms with E-state index in [1.54, 1.807) is 30.3 Å². The fourth-order valence-corrected chi connectivity index (χ4v) is 1.79. The Morgan fingerprint density at radius 2 is 1.65 bits per heavy atom. The van der Waals surface area contributed by atoms with Gasteiger partial charge < -0.3 is 16.8 Å². The summed E-state index contributed by atoms with van der Waals surface area (Å²) in [6, 6.07) is 8.59. The predicted octanol–water partition coefficient (Wildman–Crippen LogP) is 3.30. The number of nitrogens with zero attached hydrogens (tertiary/aromatic N) is 1. The van der Waals surface area contributed by atoms with E-state index in [2.05, 4.69) is 10.3 Å². The smallest absolute Gasteiger partial charge is 0.149 e. The minimum atomic E-state index is 0.262. The number of nitrogens with one attached hydrogen (secondary N) is 1. The summed E-state index contributed by atoms with van der Waals surface area (Å²) in [4.78, 5) is 4.07. The number of para-hydroxylation sites is 1. The Morgan fingerprint density at radius 1 is 1.00 bits per heavy atom. The first-order valence-electron chi connectivity index (χ1n) is 4.81. The van der Waals surface area contributed by atoms with Crippen LogP contribution >= 0.6 is 23.2 Å². The molecule has 4 nitrogen and oxygen atoms in total. The van der Waals surface area contributed by atoms with Gasteiger partial charge in [-0.25, -0.2) is 4.98 Å². The minimum absolute atomic E-state index is 0.262. The molecule has 0 aliphatic rings. The fourth-order valence-electron chi connectivity index (χ4n) is 1.30. The highest BCUT2D eigenvalue weighted by molar-refractivity contribution is 6.39. The zero-order chi connectivity index (χ0) is 12.4. The molecule has 0 bridgehead atoms. The standard InChI is InChI=1S/C11H10Cl2N4/c12-6-2-1-3-7(13)10(6)16-9-5-4-8(14)11(15)17-9/h1-5H,14H2,(H3,15,16,17). The average Bonchev–Trinajstić information content (AvgIpc) is 2.28. The normalized spacial score (nSPS) is 10.2. The van der Waals surface area contributed by atoms with Crippen molar-refractivity contribution in [2.45, 2.75) is 0 Å². The maximum absolute atomic E-state index is 6.02. The Morgan fingerprint density at radius 3 is 2.24 bits per heavy atom. The maximum Gasteiger partial charge on any atom is 0.149 e. The first-order chi connectivity index (χ1) is 8.08. The molecule has 1 aromatic carbocycles. The molecule has 2 rings (SSSR count). The lowest BCUT2D eigenvalue weighted by Gasteiger charge is -2.10. The second-order valence-electron chi connectivity index (χ2n) is 3.39. The van der Waals surface area contributed by atoms with Crippen LogP contribution in [0.2, 0.25) is 10.0 Å². The predicted molar refractivity (Wildman–Crippen MR) is 72.8 cm³/mol. The number of halogens is 2. The van der Waals surface area contributed by atoms with E-state index in [-0.39, 0.29) is 5.82 Å². The molecule has 1 aromatic heterocycles. The van der Waals surface area contributed by atoms with Gasteiger partial charge in [-0.15, -0.1) is 0 Å². The van der Waals surface area contributed by atoms with Crippen LogP contribution in [0.3, 0.4) is 0 Å². The van der Waals surface area contributed by atoms with Gasteiger partial charge in [0.25, 0.3) is 0 Å². The molecule has 5 N–H and O–H groups in total. The van der Waals surface area contributed by atoms with Crippen molar-refractivity contribution in [3.63, 3.8) is 0 Å². The van der Waals surface area contributed by atoms with Crippen molar-refractivity contribution in [2.24, 2.45) is 0 Å². The van der Waals surface area contributed by atoms with Crippen LogP contribution in [0.1, 0.15) is 0 Å². The summed E-state index contributed by atoms with van der Waals surface area (Å²) in [5.41, 5.74) is 12.2. The molecule has 0 unspecified atom stereocenters. The van der Waals surface area contributed by atoms with E-state index in [1.165, 1.54) is 0 Å². The molecule has 2 aromatic rings. The van der Waals surface area contributed by atoms with Gasteiger partial charge in [0.2, 0.25) is 0 Å². The molecule has 0 aliphatic heterocycles. The van der Waals surface area contributed by atoms with E-state index >= 15 is 0 Å². The number of aromatic nitrogens is 1. The van der Waals surface area contributed by atoms with E-state index in [0.717, 1.165) is 0 Å². The van der Waals surface area contributed by atoms with Crippen molar-refractivity contribution in [3.8, 4) is 0 Å². The Kier molecular flexibility index (Phi) is 3.26. The molecule has 0 saturated heterocycles. The molecule has 1 heterocycles. The van der Waals surface area contributed by atoms with E-state index in [1.807, 2.05) is 0 Å². The lowest BCUT2D eigenvalue weighted by molar-refractivity contribution is 1.32. The summed E-state index contributed by atoms with van der Waals surface area (Å²) >= 11 is 12.0. The molecule has 0 amide bonds. The van der Waals surface area contributed by atoms with Crippen LogP contribution in [-0.4, -0.2) is 4.98 Å². The third-order valence-corrected chi connectivity index (χ3v) is 2.80. The van der Waals surface area contributed by atoms with Gasteiger partial charge in [0.15, 0.2) is 0 Å². The minimum Gasteiger partial charge on any atom is -0.396 e. The van der Waals surface area contributed by atoms with Crippen LogP contribution in [0, 0.1) is 0 Å². The number of benzene rings is 1. The topological polar surface area (TPSA) is 77.0 Å². The molecule has 17 heavy (non-hydrogen) atoms. The molecule has 0 atom stereocenters. The van der Waals surface area contributed by atoms with Crippen molar-refractivity contribution < 1.29 is 0 Å². The number of nitrogens with two attached hydrogens (primary N) is 2.